The molecule has 0 heterocycles. The van der Waals surface area contributed by atoms with Gasteiger partial charge in [-0.2, -0.15) is 0 Å². The molecule has 0 N–H and O–H groups in total. The largest absolute Gasteiger partial charge is 0.319 e. The van der Waals surface area contributed by atoms with E-state index >= 15 is 0 Å². The monoisotopic (exact) mass is 406 g/mol. The molecule has 0 aliphatic rings. The topological polar surface area (TPSA) is 17.1 Å². The van der Waals surface area contributed by atoms with E-state index in [2.05, 4.69) is 38.1 Å². The van der Waals surface area contributed by atoms with Crippen LogP contribution in [0.5, 0.6) is 0 Å². The second-order valence-electron chi connectivity index (χ2n) is 8.62. The van der Waals surface area contributed by atoms with Gasteiger partial charge in [0.15, 0.2) is 0 Å². The fraction of sp³-hybridized carbons (Fsp3) is 0.769. The number of unbranched alkanes of at least 4 members (excludes halogenated alkanes) is 14. The predicted molar refractivity (Wildman–Crippen MR) is 129 cm³/mol. The van der Waals surface area contributed by atoms with Gasteiger partial charge >= 0.3 is 0 Å². The van der Waals surface area contributed by atoms with Crippen LogP contribution in [0.2, 0.25) is 0 Å². The van der Waals surface area contributed by atoms with Crippen LogP contribution < -0.4 is 5.30 Å². The second-order valence-corrected chi connectivity index (χ2v) is 11.8. The molecule has 0 aliphatic heterocycles. The smallest absolute Gasteiger partial charge is 0.115 e. The highest BCUT2D eigenvalue weighted by Gasteiger charge is 2.23. The Labute approximate surface area is 176 Å². The summed E-state index contributed by atoms with van der Waals surface area (Å²) >= 11 is 0. The molecule has 0 amide bonds. The van der Waals surface area contributed by atoms with Crippen molar-refractivity contribution in [2.75, 3.05) is 12.3 Å². The summed E-state index contributed by atoms with van der Waals surface area (Å²) in [5.74, 6) is 0. The fourth-order valence-corrected chi connectivity index (χ4v) is 7.00. The molecule has 2 heteroatoms. The van der Waals surface area contributed by atoms with Crippen molar-refractivity contribution < 1.29 is 4.57 Å². The van der Waals surface area contributed by atoms with Crippen molar-refractivity contribution in [3.05, 3.63) is 30.3 Å². The lowest BCUT2D eigenvalue weighted by Crippen LogP contribution is -2.11. The summed E-state index contributed by atoms with van der Waals surface area (Å²) in [5, 5.41) is 1.13. The van der Waals surface area contributed by atoms with Gasteiger partial charge in [-0.05, 0) is 12.8 Å². The van der Waals surface area contributed by atoms with Crippen LogP contribution >= 0.6 is 7.14 Å². The minimum atomic E-state index is -2.20. The van der Waals surface area contributed by atoms with E-state index in [4.69, 9.17) is 0 Å². The van der Waals surface area contributed by atoms with Crippen molar-refractivity contribution in [2.24, 2.45) is 0 Å². The molecule has 0 spiro atoms. The Bertz CT molecular complexity index is 472. The Balaban J connectivity index is 2.31. The average Bonchev–Trinajstić information content (AvgIpc) is 2.72. The quantitative estimate of drug-likeness (QED) is 0.165. The molecule has 0 aromatic heterocycles. The normalized spacial score (nSPS) is 11.8. The molecule has 1 aromatic rings. The van der Waals surface area contributed by atoms with Gasteiger partial charge in [-0.25, -0.2) is 0 Å². The molecule has 0 atom stereocenters. The predicted octanol–water partition coefficient (Wildman–Crippen LogP) is 8.96. The molecule has 0 radical (unpaired) electrons. The van der Waals surface area contributed by atoms with E-state index in [-0.39, 0.29) is 0 Å². The number of hydrogen-bond acceptors (Lipinski definition) is 1. The van der Waals surface area contributed by atoms with Gasteiger partial charge in [-0.1, -0.05) is 134 Å². The Morgan fingerprint density at radius 3 is 1.29 bits per heavy atom. The summed E-state index contributed by atoms with van der Waals surface area (Å²) in [7, 11) is -2.20. The maximum atomic E-state index is 13.8. The molecule has 0 saturated heterocycles. The van der Waals surface area contributed by atoms with Crippen molar-refractivity contribution in [1.29, 1.82) is 0 Å². The summed E-state index contributed by atoms with van der Waals surface area (Å²) in [6, 6.07) is 10.4. The van der Waals surface area contributed by atoms with Crippen molar-refractivity contribution in [1.82, 2.24) is 0 Å². The summed E-state index contributed by atoms with van der Waals surface area (Å²) in [6.07, 6.45) is 22.9. The first-order valence-electron chi connectivity index (χ1n) is 12.4. The summed E-state index contributed by atoms with van der Waals surface area (Å²) in [4.78, 5) is 0. The zero-order valence-corrected chi connectivity index (χ0v) is 19.9. The molecule has 162 valence electrons. The lowest BCUT2D eigenvalue weighted by Gasteiger charge is -2.19. The van der Waals surface area contributed by atoms with E-state index in [0.29, 0.717) is 0 Å². The number of hydrogen-bond donors (Lipinski definition) is 0. The van der Waals surface area contributed by atoms with E-state index in [0.717, 1.165) is 30.5 Å². The van der Waals surface area contributed by atoms with Crippen molar-refractivity contribution in [2.45, 2.75) is 117 Å². The van der Waals surface area contributed by atoms with E-state index in [1.54, 1.807) is 0 Å². The molecule has 0 bridgehead atoms. The molecule has 28 heavy (non-hydrogen) atoms. The van der Waals surface area contributed by atoms with Gasteiger partial charge in [0, 0.05) is 17.6 Å². The SMILES string of the molecule is CCCCCCCCCCP(=O)(CCCCCCCCCC)c1ccccc1. The molecule has 1 rings (SSSR count). The van der Waals surface area contributed by atoms with E-state index in [1.165, 1.54) is 89.9 Å². The van der Waals surface area contributed by atoms with E-state index in [9.17, 15) is 4.57 Å². The van der Waals surface area contributed by atoms with Gasteiger partial charge in [-0.3, -0.25) is 0 Å². The molecule has 0 saturated carbocycles. The third kappa shape index (κ3) is 12.1. The minimum absolute atomic E-state index is 0.919. The van der Waals surface area contributed by atoms with Gasteiger partial charge in [0.1, 0.15) is 7.14 Å². The highest BCUT2D eigenvalue weighted by molar-refractivity contribution is 7.71. The van der Waals surface area contributed by atoms with Crippen LogP contribution in [-0.2, 0) is 4.57 Å². The van der Waals surface area contributed by atoms with Crippen LogP contribution in [-0.4, -0.2) is 12.3 Å². The zero-order chi connectivity index (χ0) is 20.3. The second kappa shape index (κ2) is 17.3. The lowest BCUT2D eigenvalue weighted by molar-refractivity contribution is 0.561. The van der Waals surface area contributed by atoms with Crippen molar-refractivity contribution in [3.63, 3.8) is 0 Å². The standard InChI is InChI=1S/C26H47OP/c1-3-5-7-9-11-13-15-20-24-28(27,26-22-18-17-19-23-26)25-21-16-14-12-10-8-6-4-2/h17-19,22-23H,3-16,20-21,24-25H2,1-2H3. The van der Waals surface area contributed by atoms with E-state index < -0.39 is 7.14 Å². The Morgan fingerprint density at radius 1 is 0.536 bits per heavy atom. The Kier molecular flexibility index (Phi) is 15.8. The van der Waals surface area contributed by atoms with Crippen molar-refractivity contribution in [3.8, 4) is 0 Å². The maximum Gasteiger partial charge on any atom is 0.115 e. The van der Waals surface area contributed by atoms with Crippen molar-refractivity contribution >= 4 is 12.4 Å². The van der Waals surface area contributed by atoms with Crippen LogP contribution in [0, 0.1) is 0 Å². The molecule has 1 aromatic carbocycles. The first kappa shape index (κ1) is 25.5. The van der Waals surface area contributed by atoms with Gasteiger partial charge < -0.3 is 4.57 Å². The van der Waals surface area contributed by atoms with Gasteiger partial charge in [0.05, 0.1) is 0 Å². The molecule has 0 fully saturated rings. The van der Waals surface area contributed by atoms with E-state index in [1.807, 2.05) is 6.07 Å². The molecule has 0 aliphatic carbocycles. The van der Waals surface area contributed by atoms with Crippen LogP contribution in [0.25, 0.3) is 0 Å². The van der Waals surface area contributed by atoms with Crippen LogP contribution in [0.15, 0.2) is 30.3 Å². The van der Waals surface area contributed by atoms with Crippen LogP contribution in [0.4, 0.5) is 0 Å². The minimum Gasteiger partial charge on any atom is -0.319 e. The van der Waals surface area contributed by atoms with Gasteiger partial charge in [0.2, 0.25) is 0 Å². The highest BCUT2D eigenvalue weighted by Crippen LogP contribution is 2.46. The number of rotatable bonds is 19. The Hall–Kier alpha value is -0.550. The Morgan fingerprint density at radius 2 is 0.893 bits per heavy atom. The molecular weight excluding hydrogens is 359 g/mol. The molecule has 0 unspecified atom stereocenters. The highest BCUT2D eigenvalue weighted by atomic mass is 31.2. The zero-order valence-electron chi connectivity index (χ0n) is 19.0. The first-order valence-corrected chi connectivity index (χ1v) is 14.4. The summed E-state index contributed by atoms with van der Waals surface area (Å²) in [6.45, 7) is 4.54. The fourth-order valence-electron chi connectivity index (χ4n) is 4.07. The third-order valence-electron chi connectivity index (χ3n) is 5.97. The maximum absolute atomic E-state index is 13.8. The number of benzene rings is 1. The lowest BCUT2D eigenvalue weighted by atomic mass is 10.1. The summed E-state index contributed by atoms with van der Waals surface area (Å²) in [5.41, 5.74) is 0. The molecular formula is C26H47OP. The average molecular weight is 407 g/mol. The van der Waals surface area contributed by atoms with Gasteiger partial charge in [0.25, 0.3) is 0 Å². The third-order valence-corrected chi connectivity index (χ3v) is 9.29. The van der Waals surface area contributed by atoms with Crippen LogP contribution in [0.1, 0.15) is 117 Å². The summed E-state index contributed by atoms with van der Waals surface area (Å²) < 4.78 is 13.8. The first-order chi connectivity index (χ1) is 13.7. The molecule has 1 nitrogen and oxygen atoms in total. The van der Waals surface area contributed by atoms with Gasteiger partial charge in [-0.15, -0.1) is 0 Å². The van der Waals surface area contributed by atoms with Crippen LogP contribution in [0.3, 0.4) is 0 Å².